The summed E-state index contributed by atoms with van der Waals surface area (Å²) in [5.41, 5.74) is 3.25. The van der Waals surface area contributed by atoms with Gasteiger partial charge >= 0.3 is 0 Å². The monoisotopic (exact) mass is 881 g/mol. The highest BCUT2D eigenvalue weighted by molar-refractivity contribution is 8.43. The van der Waals surface area contributed by atoms with Crippen LogP contribution in [0.5, 0.6) is 5.75 Å². The summed E-state index contributed by atoms with van der Waals surface area (Å²) in [6, 6.07) is 13.6. The zero-order valence-corrected chi connectivity index (χ0v) is 36.9. The Hall–Kier alpha value is -1.32. The maximum Gasteiger partial charge on any atom is 0.132 e. The van der Waals surface area contributed by atoms with E-state index in [0.717, 1.165) is 45.7 Å². The van der Waals surface area contributed by atoms with Crippen LogP contribution in [0, 0.1) is 0 Å². The standard InChI is InChI=1S/C38H47N3O7S7/c1-28-34(49-25-22-48-33-26-32(31-9-5-7-11-40-31)41-27-29(33)30-8-4-6-10-39-30)53-37(52-28)38-54-35(50-23-20-46-18-16-44-14-12-42-2)36(55-38)51-24-21-47-19-17-45-15-13-43-3/h4-11,26-27H,12-25H2,1-3H3. The van der Waals surface area contributed by atoms with E-state index >= 15 is 0 Å². The second kappa shape index (κ2) is 26.6. The van der Waals surface area contributed by atoms with Crippen molar-refractivity contribution < 1.29 is 33.2 Å². The molecule has 298 valence electrons. The molecule has 0 saturated carbocycles. The highest BCUT2D eigenvalue weighted by Crippen LogP contribution is 2.64. The van der Waals surface area contributed by atoms with E-state index in [9.17, 15) is 0 Å². The average Bonchev–Trinajstić information content (AvgIpc) is 3.81. The molecule has 17 heteroatoms. The number of pyridine rings is 3. The van der Waals surface area contributed by atoms with Crippen molar-refractivity contribution in [2.45, 2.75) is 6.92 Å². The third kappa shape index (κ3) is 15.8. The third-order valence-electron chi connectivity index (χ3n) is 7.26. The number of ether oxygens (including phenoxy) is 7. The quantitative estimate of drug-likeness (QED) is 0.0679. The molecule has 55 heavy (non-hydrogen) atoms. The van der Waals surface area contributed by atoms with Crippen LogP contribution in [0.15, 0.2) is 87.1 Å². The predicted molar refractivity (Wildman–Crippen MR) is 238 cm³/mol. The van der Waals surface area contributed by atoms with Gasteiger partial charge in [-0.1, -0.05) is 59.2 Å². The van der Waals surface area contributed by atoms with Crippen LogP contribution in [-0.2, 0) is 28.4 Å². The molecule has 0 aromatic carbocycles. The summed E-state index contributed by atoms with van der Waals surface area (Å²) in [4.78, 5) is 15.0. The predicted octanol–water partition coefficient (Wildman–Crippen LogP) is 9.55. The molecule has 0 unspecified atom stereocenters. The molecule has 0 bridgehead atoms. The SMILES string of the molecule is COCCOCCOCCSC1=C(SCCOCCOCCOC)SC(=C2SC(C)=C(SCCOc3cc(-c4ccccn4)ncc3-c3ccccn3)S2)S1. The fourth-order valence-corrected chi connectivity index (χ4v) is 14.6. The van der Waals surface area contributed by atoms with Gasteiger partial charge in [-0.15, -0.1) is 35.3 Å². The molecule has 0 atom stereocenters. The maximum absolute atomic E-state index is 6.43. The number of aromatic nitrogens is 3. The minimum Gasteiger partial charge on any atom is -0.492 e. The van der Waals surface area contributed by atoms with Crippen LogP contribution in [0.4, 0.5) is 0 Å². The minimum absolute atomic E-state index is 0.541. The lowest BCUT2D eigenvalue weighted by atomic mass is 10.1. The topological polar surface area (TPSA) is 103 Å². The van der Waals surface area contributed by atoms with Crippen LogP contribution in [-0.4, -0.2) is 119 Å². The summed E-state index contributed by atoms with van der Waals surface area (Å²) in [7, 11) is 3.35. The Morgan fingerprint density at radius 2 is 1.04 bits per heavy atom. The van der Waals surface area contributed by atoms with Gasteiger partial charge in [-0.25, -0.2) is 0 Å². The van der Waals surface area contributed by atoms with E-state index in [4.69, 9.17) is 33.2 Å². The lowest BCUT2D eigenvalue weighted by molar-refractivity contribution is 0.0286. The molecule has 0 aliphatic carbocycles. The Morgan fingerprint density at radius 1 is 0.527 bits per heavy atom. The van der Waals surface area contributed by atoms with E-state index in [1.807, 2.05) is 131 Å². The Kier molecular flexibility index (Phi) is 21.7. The number of hydrogen-bond acceptors (Lipinski definition) is 17. The Morgan fingerprint density at radius 3 is 1.62 bits per heavy atom. The van der Waals surface area contributed by atoms with E-state index in [2.05, 4.69) is 21.9 Å². The Balaban J connectivity index is 1.12. The molecule has 2 aliphatic heterocycles. The van der Waals surface area contributed by atoms with Gasteiger partial charge in [0.05, 0.1) is 117 Å². The summed E-state index contributed by atoms with van der Waals surface area (Å²) in [6.45, 7) is 8.78. The molecule has 10 nitrogen and oxygen atoms in total. The zero-order valence-electron chi connectivity index (χ0n) is 31.2. The van der Waals surface area contributed by atoms with Gasteiger partial charge in [0.25, 0.3) is 0 Å². The van der Waals surface area contributed by atoms with Gasteiger partial charge < -0.3 is 33.2 Å². The molecule has 0 fully saturated rings. The van der Waals surface area contributed by atoms with Crippen LogP contribution in [0.25, 0.3) is 22.6 Å². The molecular weight excluding hydrogens is 835 g/mol. The summed E-state index contributed by atoms with van der Waals surface area (Å²) >= 11 is 13.1. The molecule has 0 radical (unpaired) electrons. The normalized spacial score (nSPS) is 14.5. The fraction of sp³-hybridized carbons (Fsp3) is 0.447. The first-order chi connectivity index (χ1) is 27.2. The largest absolute Gasteiger partial charge is 0.492 e. The molecule has 0 spiro atoms. The number of hydrogen-bond donors (Lipinski definition) is 0. The lowest BCUT2D eigenvalue weighted by Crippen LogP contribution is -2.09. The van der Waals surface area contributed by atoms with Crippen molar-refractivity contribution in [2.75, 3.05) is 104 Å². The zero-order chi connectivity index (χ0) is 38.3. The van der Waals surface area contributed by atoms with E-state index < -0.39 is 0 Å². The number of nitrogens with zero attached hydrogens (tertiary/aromatic N) is 3. The average molecular weight is 882 g/mol. The van der Waals surface area contributed by atoms with Crippen LogP contribution >= 0.6 is 82.3 Å². The number of methoxy groups -OCH3 is 2. The van der Waals surface area contributed by atoms with Gasteiger partial charge in [0, 0.05) is 61.0 Å². The highest BCUT2D eigenvalue weighted by atomic mass is 32.3. The molecule has 0 amide bonds. The van der Waals surface area contributed by atoms with Crippen molar-refractivity contribution in [3.63, 3.8) is 0 Å². The van der Waals surface area contributed by atoms with Gasteiger partial charge in [-0.05, 0) is 31.2 Å². The Labute approximate surface area is 354 Å². The molecule has 5 rings (SSSR count). The highest BCUT2D eigenvalue weighted by Gasteiger charge is 2.29. The molecule has 0 N–H and O–H groups in total. The van der Waals surface area contributed by atoms with Gasteiger partial charge in [0.1, 0.15) is 5.75 Å². The van der Waals surface area contributed by atoms with Crippen molar-refractivity contribution >= 4 is 82.3 Å². The van der Waals surface area contributed by atoms with Crippen LogP contribution in [0.2, 0.25) is 0 Å². The van der Waals surface area contributed by atoms with Gasteiger partial charge in [-0.2, -0.15) is 0 Å². The van der Waals surface area contributed by atoms with Crippen molar-refractivity contribution in [3.05, 3.63) is 87.1 Å². The molecule has 0 saturated heterocycles. The summed E-state index contributed by atoms with van der Waals surface area (Å²) < 4.78 is 45.8. The van der Waals surface area contributed by atoms with E-state index in [1.54, 1.807) is 26.6 Å². The van der Waals surface area contributed by atoms with E-state index in [1.165, 1.54) is 26.1 Å². The number of thioether (sulfide) groups is 7. The summed E-state index contributed by atoms with van der Waals surface area (Å²) in [5, 5.41) is 0. The molecule has 3 aromatic heterocycles. The van der Waals surface area contributed by atoms with Gasteiger partial charge in [0.2, 0.25) is 0 Å². The van der Waals surface area contributed by atoms with Crippen LogP contribution in [0.1, 0.15) is 6.92 Å². The number of allylic oxidation sites excluding steroid dienone is 1. The maximum atomic E-state index is 6.43. The van der Waals surface area contributed by atoms with E-state index in [-0.39, 0.29) is 0 Å². The Bertz CT molecular complexity index is 1650. The first kappa shape index (κ1) is 44.8. The molecular formula is C38H47N3O7S7. The first-order valence-corrected chi connectivity index (χ1v) is 23.9. The number of rotatable bonds is 27. The van der Waals surface area contributed by atoms with Crippen molar-refractivity contribution in [3.8, 4) is 28.4 Å². The molecule has 3 aromatic rings. The van der Waals surface area contributed by atoms with Gasteiger partial charge in [-0.3, -0.25) is 15.0 Å². The second-order valence-corrected chi connectivity index (χ2v) is 20.1. The minimum atomic E-state index is 0.541. The third-order valence-corrected chi connectivity index (χ3v) is 17.3. The van der Waals surface area contributed by atoms with Crippen molar-refractivity contribution in [1.82, 2.24) is 15.0 Å². The van der Waals surface area contributed by atoms with Gasteiger partial charge in [0.15, 0.2) is 0 Å². The van der Waals surface area contributed by atoms with E-state index in [0.29, 0.717) is 72.7 Å². The second-order valence-electron chi connectivity index (χ2n) is 11.2. The molecule has 2 aliphatic rings. The van der Waals surface area contributed by atoms with Crippen LogP contribution < -0.4 is 4.74 Å². The lowest BCUT2D eigenvalue weighted by Gasteiger charge is -2.13. The van der Waals surface area contributed by atoms with Crippen molar-refractivity contribution in [2.24, 2.45) is 0 Å². The summed E-state index contributed by atoms with van der Waals surface area (Å²) in [6.07, 6.45) is 5.39. The smallest absolute Gasteiger partial charge is 0.132 e. The van der Waals surface area contributed by atoms with Crippen molar-refractivity contribution in [1.29, 1.82) is 0 Å². The summed E-state index contributed by atoms with van der Waals surface area (Å²) in [5.74, 6) is 3.31. The first-order valence-electron chi connectivity index (χ1n) is 17.7. The van der Waals surface area contributed by atoms with Crippen LogP contribution in [0.3, 0.4) is 0 Å². The molecule has 5 heterocycles. The fourth-order valence-electron chi connectivity index (χ4n) is 4.63.